The lowest BCUT2D eigenvalue weighted by Gasteiger charge is -2.14. The first-order valence-corrected chi connectivity index (χ1v) is 5.81. The number of para-hydroxylation sites is 1. The van der Waals surface area contributed by atoms with Gasteiger partial charge in [-0.1, -0.05) is 18.2 Å². The van der Waals surface area contributed by atoms with E-state index < -0.39 is 0 Å². The summed E-state index contributed by atoms with van der Waals surface area (Å²) < 4.78 is 6.86. The third kappa shape index (κ3) is 1.99. The Morgan fingerprint density at radius 1 is 1.47 bits per heavy atom. The molecule has 0 radical (unpaired) electrons. The van der Waals surface area contributed by atoms with Crippen LogP contribution in [0.3, 0.4) is 0 Å². The third-order valence-corrected chi connectivity index (χ3v) is 2.98. The summed E-state index contributed by atoms with van der Waals surface area (Å²) in [5.74, 6) is 0.698. The second-order valence-electron chi connectivity index (χ2n) is 3.32. The molecular formula is C11H10INO2. The van der Waals surface area contributed by atoms with Crippen LogP contribution in [-0.2, 0) is 4.74 Å². The van der Waals surface area contributed by atoms with Crippen LogP contribution < -0.4 is 4.90 Å². The van der Waals surface area contributed by atoms with Gasteiger partial charge in [0.2, 0.25) is 0 Å². The Kier molecular flexibility index (Phi) is 2.95. The Bertz CT molecular complexity index is 428. The number of cyclic esters (lactones) is 1. The fourth-order valence-electron chi connectivity index (χ4n) is 1.53. The van der Waals surface area contributed by atoms with Crippen LogP contribution in [0.25, 0.3) is 0 Å². The Morgan fingerprint density at radius 2 is 2.20 bits per heavy atom. The van der Waals surface area contributed by atoms with Crippen molar-refractivity contribution in [2.45, 2.75) is 6.92 Å². The van der Waals surface area contributed by atoms with E-state index in [1.54, 1.807) is 8.98 Å². The van der Waals surface area contributed by atoms with Gasteiger partial charge in [-0.25, -0.2) is 4.79 Å². The number of halogens is 1. The van der Waals surface area contributed by atoms with Crippen molar-refractivity contribution < 1.29 is 9.53 Å². The highest BCUT2D eigenvalue weighted by molar-refractivity contribution is 14.1. The fourth-order valence-corrected chi connectivity index (χ4v) is 1.85. The minimum absolute atomic E-state index is 0.299. The van der Waals surface area contributed by atoms with Crippen LogP contribution in [0.5, 0.6) is 0 Å². The van der Waals surface area contributed by atoms with Crippen molar-refractivity contribution >= 4 is 34.4 Å². The maximum atomic E-state index is 11.6. The smallest absolute Gasteiger partial charge is 0.412 e. The summed E-state index contributed by atoms with van der Waals surface area (Å²) in [6.45, 7) is 2.50. The number of ether oxygens (including phenoxy) is 1. The summed E-state index contributed by atoms with van der Waals surface area (Å²) in [4.78, 5) is 13.2. The summed E-state index contributed by atoms with van der Waals surface area (Å²) in [5, 5.41) is 0. The number of rotatable bonds is 1. The normalized spacial score (nSPS) is 18.4. The topological polar surface area (TPSA) is 29.5 Å². The molecule has 0 bridgehead atoms. The molecule has 15 heavy (non-hydrogen) atoms. The molecule has 1 saturated heterocycles. The van der Waals surface area contributed by atoms with Gasteiger partial charge in [-0.3, -0.25) is 4.90 Å². The van der Waals surface area contributed by atoms with E-state index in [2.05, 4.69) is 22.6 Å². The summed E-state index contributed by atoms with van der Waals surface area (Å²) in [6.07, 6.45) is -0.299. The van der Waals surface area contributed by atoms with Crippen molar-refractivity contribution in [2.75, 3.05) is 11.4 Å². The molecule has 1 fully saturated rings. The van der Waals surface area contributed by atoms with Crippen molar-refractivity contribution in [3.63, 3.8) is 0 Å². The molecule has 3 nitrogen and oxygen atoms in total. The number of hydrogen-bond acceptors (Lipinski definition) is 2. The quantitative estimate of drug-likeness (QED) is 0.745. The summed E-state index contributed by atoms with van der Waals surface area (Å²) in [6, 6.07) is 7.78. The van der Waals surface area contributed by atoms with Crippen LogP contribution in [0.15, 0.2) is 34.1 Å². The van der Waals surface area contributed by atoms with Gasteiger partial charge in [-0.2, -0.15) is 0 Å². The molecule has 0 atom stereocenters. The molecule has 0 aliphatic carbocycles. The number of hydrogen-bond donors (Lipinski definition) is 0. The maximum Gasteiger partial charge on any atom is 0.419 e. The monoisotopic (exact) mass is 315 g/mol. The first-order chi connectivity index (χ1) is 7.22. The van der Waals surface area contributed by atoms with E-state index in [4.69, 9.17) is 4.74 Å². The van der Waals surface area contributed by atoms with Crippen LogP contribution in [-0.4, -0.2) is 12.6 Å². The number of carbonyl (C=O) groups is 1. The zero-order chi connectivity index (χ0) is 10.8. The van der Waals surface area contributed by atoms with Gasteiger partial charge in [-0.05, 0) is 41.1 Å². The van der Waals surface area contributed by atoms with Crippen molar-refractivity contribution in [2.24, 2.45) is 0 Å². The van der Waals surface area contributed by atoms with Gasteiger partial charge in [0.1, 0.15) is 5.76 Å². The van der Waals surface area contributed by atoms with E-state index in [1.165, 1.54) is 0 Å². The lowest BCUT2D eigenvalue weighted by Crippen LogP contribution is -2.23. The lowest BCUT2D eigenvalue weighted by molar-refractivity contribution is 0.199. The molecule has 0 aromatic heterocycles. The summed E-state index contributed by atoms with van der Waals surface area (Å²) in [5.41, 5.74) is 1.99. The highest BCUT2D eigenvalue weighted by atomic mass is 127. The van der Waals surface area contributed by atoms with E-state index in [0.717, 1.165) is 11.3 Å². The van der Waals surface area contributed by atoms with Crippen LogP contribution in [0, 0.1) is 6.92 Å². The number of carbonyl (C=O) groups excluding carboxylic acids is 1. The molecular weight excluding hydrogens is 305 g/mol. The van der Waals surface area contributed by atoms with Crippen molar-refractivity contribution in [3.05, 3.63) is 39.7 Å². The number of amides is 1. The second kappa shape index (κ2) is 4.22. The molecule has 4 heteroatoms. The number of aryl methyl sites for hydroxylation is 1. The predicted molar refractivity (Wildman–Crippen MR) is 67.1 cm³/mol. The first-order valence-electron chi connectivity index (χ1n) is 4.56. The molecule has 0 spiro atoms. The second-order valence-corrected chi connectivity index (χ2v) is 3.94. The van der Waals surface area contributed by atoms with Crippen LogP contribution in [0.2, 0.25) is 0 Å². The highest BCUT2D eigenvalue weighted by Gasteiger charge is 2.28. The van der Waals surface area contributed by atoms with Crippen molar-refractivity contribution in [1.29, 1.82) is 0 Å². The maximum absolute atomic E-state index is 11.6. The molecule has 1 aromatic carbocycles. The predicted octanol–water partition coefficient (Wildman–Crippen LogP) is 3.23. The summed E-state index contributed by atoms with van der Waals surface area (Å²) in [7, 11) is 0. The molecule has 1 aliphatic rings. The van der Waals surface area contributed by atoms with Gasteiger partial charge in [0.25, 0.3) is 0 Å². The molecule has 0 saturated carbocycles. The molecule has 0 unspecified atom stereocenters. The van der Waals surface area contributed by atoms with Gasteiger partial charge in [0.05, 0.1) is 12.2 Å². The number of nitrogens with zero attached hydrogens (tertiary/aromatic N) is 1. The summed E-state index contributed by atoms with van der Waals surface area (Å²) >= 11 is 2.07. The van der Waals surface area contributed by atoms with E-state index in [0.29, 0.717) is 12.3 Å². The zero-order valence-corrected chi connectivity index (χ0v) is 10.4. The van der Waals surface area contributed by atoms with Crippen LogP contribution in [0.4, 0.5) is 10.5 Å². The molecule has 78 valence electrons. The Labute approximate surface area is 102 Å². The minimum atomic E-state index is -0.299. The number of anilines is 1. The van der Waals surface area contributed by atoms with E-state index >= 15 is 0 Å². The first kappa shape index (κ1) is 10.5. The highest BCUT2D eigenvalue weighted by Crippen LogP contribution is 2.26. The molecule has 1 heterocycles. The standard InChI is InChI=1S/C11H10INO2/c1-8-4-2-3-5-10(8)13-7-9(6-12)15-11(13)14/h2-6H,7H2,1H3/b9-6-. The van der Waals surface area contributed by atoms with Gasteiger partial charge in [0.15, 0.2) is 0 Å². The SMILES string of the molecule is Cc1ccccc1N1C/C(=C/I)OC1=O. The molecule has 0 N–H and O–H groups in total. The van der Waals surface area contributed by atoms with Gasteiger partial charge < -0.3 is 4.74 Å². The van der Waals surface area contributed by atoms with Crippen molar-refractivity contribution in [3.8, 4) is 0 Å². The molecule has 1 aromatic rings. The van der Waals surface area contributed by atoms with Crippen molar-refractivity contribution in [1.82, 2.24) is 0 Å². The van der Waals surface area contributed by atoms with Gasteiger partial charge in [0, 0.05) is 4.08 Å². The van der Waals surface area contributed by atoms with E-state index in [-0.39, 0.29) is 6.09 Å². The average molecular weight is 315 g/mol. The average Bonchev–Trinajstić information content (AvgIpc) is 2.60. The van der Waals surface area contributed by atoms with Gasteiger partial charge >= 0.3 is 6.09 Å². The lowest BCUT2D eigenvalue weighted by atomic mass is 10.2. The minimum Gasteiger partial charge on any atom is -0.412 e. The Hall–Kier alpha value is -1.04. The fraction of sp³-hybridized carbons (Fsp3) is 0.182. The number of benzene rings is 1. The van der Waals surface area contributed by atoms with Crippen LogP contribution >= 0.6 is 22.6 Å². The van der Waals surface area contributed by atoms with E-state index in [9.17, 15) is 4.79 Å². The zero-order valence-electron chi connectivity index (χ0n) is 8.24. The third-order valence-electron chi connectivity index (χ3n) is 2.28. The Balaban J connectivity index is 2.33. The Morgan fingerprint density at radius 3 is 2.80 bits per heavy atom. The molecule has 1 amide bonds. The van der Waals surface area contributed by atoms with E-state index in [1.807, 2.05) is 31.2 Å². The largest absolute Gasteiger partial charge is 0.419 e. The molecule has 2 rings (SSSR count). The van der Waals surface area contributed by atoms with Gasteiger partial charge in [-0.15, -0.1) is 0 Å². The van der Waals surface area contributed by atoms with Crippen LogP contribution in [0.1, 0.15) is 5.56 Å². The molecule has 1 aliphatic heterocycles.